The topological polar surface area (TPSA) is 51.2 Å². The molecule has 18 heavy (non-hydrogen) atoms. The number of anilines is 1. The van der Waals surface area contributed by atoms with E-state index in [4.69, 9.17) is 4.74 Å². The van der Waals surface area contributed by atoms with Gasteiger partial charge in [0, 0.05) is 11.8 Å². The van der Waals surface area contributed by atoms with Crippen molar-refractivity contribution in [2.75, 3.05) is 12.4 Å². The van der Waals surface area contributed by atoms with Crippen molar-refractivity contribution in [1.29, 1.82) is 0 Å². The summed E-state index contributed by atoms with van der Waals surface area (Å²) in [6.07, 6.45) is 1.57. The van der Waals surface area contributed by atoms with Crippen LogP contribution in [-0.2, 0) is 0 Å². The van der Waals surface area contributed by atoms with Crippen LogP contribution < -0.4 is 10.1 Å². The van der Waals surface area contributed by atoms with Crippen LogP contribution in [0, 0.1) is 0 Å². The van der Waals surface area contributed by atoms with Crippen molar-refractivity contribution < 1.29 is 9.53 Å². The van der Waals surface area contributed by atoms with Gasteiger partial charge in [-0.2, -0.15) is 0 Å². The summed E-state index contributed by atoms with van der Waals surface area (Å²) in [5.74, 6) is 0.418. The molecule has 1 aromatic heterocycles. The Morgan fingerprint density at radius 1 is 1.33 bits per heavy atom. The van der Waals surface area contributed by atoms with Crippen molar-refractivity contribution in [3.8, 4) is 5.75 Å². The van der Waals surface area contributed by atoms with E-state index in [-0.39, 0.29) is 5.91 Å². The van der Waals surface area contributed by atoms with Gasteiger partial charge in [-0.05, 0) is 40.2 Å². The van der Waals surface area contributed by atoms with Gasteiger partial charge in [-0.25, -0.2) is 4.98 Å². The number of methoxy groups -OCH3 is 1. The first-order valence-corrected chi connectivity index (χ1v) is 6.06. The van der Waals surface area contributed by atoms with Crippen molar-refractivity contribution in [2.45, 2.75) is 0 Å². The normalized spacial score (nSPS) is 9.89. The molecule has 0 aliphatic carbocycles. The smallest absolute Gasteiger partial charge is 0.255 e. The minimum Gasteiger partial charge on any atom is -0.495 e. The van der Waals surface area contributed by atoms with Crippen molar-refractivity contribution >= 4 is 27.5 Å². The molecule has 0 saturated heterocycles. The number of rotatable bonds is 3. The molecule has 0 atom stereocenters. The van der Waals surface area contributed by atoms with E-state index in [0.717, 1.165) is 0 Å². The first kappa shape index (κ1) is 12.6. The molecule has 1 amide bonds. The Morgan fingerprint density at radius 3 is 2.83 bits per heavy atom. The van der Waals surface area contributed by atoms with Gasteiger partial charge >= 0.3 is 0 Å². The third-order valence-electron chi connectivity index (χ3n) is 2.34. The molecule has 1 N–H and O–H groups in total. The summed E-state index contributed by atoms with van der Waals surface area (Å²) in [5.41, 5.74) is 1.17. The minimum atomic E-state index is -0.206. The molecule has 5 heteroatoms. The molecule has 2 rings (SSSR count). The molecule has 0 bridgehead atoms. The maximum Gasteiger partial charge on any atom is 0.255 e. The SMILES string of the molecule is COc1ccccc1NC(=O)c1ccnc(Br)c1. The lowest BCUT2D eigenvalue weighted by Gasteiger charge is -2.09. The highest BCUT2D eigenvalue weighted by Gasteiger charge is 2.09. The summed E-state index contributed by atoms with van der Waals surface area (Å²) in [7, 11) is 1.56. The van der Waals surface area contributed by atoms with E-state index in [0.29, 0.717) is 21.6 Å². The fourth-order valence-electron chi connectivity index (χ4n) is 1.49. The zero-order chi connectivity index (χ0) is 13.0. The third kappa shape index (κ3) is 2.87. The lowest BCUT2D eigenvalue weighted by atomic mass is 10.2. The van der Waals surface area contributed by atoms with Crippen LogP contribution in [0.25, 0.3) is 0 Å². The van der Waals surface area contributed by atoms with Crippen LogP contribution in [0.2, 0.25) is 0 Å². The second-order valence-corrected chi connectivity index (χ2v) is 4.33. The van der Waals surface area contributed by atoms with Gasteiger partial charge in [-0.3, -0.25) is 4.79 Å². The van der Waals surface area contributed by atoms with Crippen molar-refractivity contribution in [1.82, 2.24) is 4.98 Å². The average molecular weight is 307 g/mol. The van der Waals surface area contributed by atoms with Gasteiger partial charge in [0.15, 0.2) is 0 Å². The maximum absolute atomic E-state index is 12.0. The molecular weight excluding hydrogens is 296 g/mol. The average Bonchev–Trinajstić information content (AvgIpc) is 2.39. The summed E-state index contributed by atoms with van der Waals surface area (Å²) < 4.78 is 5.79. The zero-order valence-electron chi connectivity index (χ0n) is 9.68. The number of amides is 1. The van der Waals surface area contributed by atoms with Crippen LogP contribution in [0.1, 0.15) is 10.4 Å². The largest absolute Gasteiger partial charge is 0.495 e. The summed E-state index contributed by atoms with van der Waals surface area (Å²) in [6.45, 7) is 0. The van der Waals surface area contributed by atoms with Crippen LogP contribution in [0.3, 0.4) is 0 Å². The highest BCUT2D eigenvalue weighted by molar-refractivity contribution is 9.10. The van der Waals surface area contributed by atoms with E-state index in [1.165, 1.54) is 0 Å². The first-order valence-electron chi connectivity index (χ1n) is 5.26. The summed E-state index contributed by atoms with van der Waals surface area (Å²) >= 11 is 3.23. The fraction of sp³-hybridized carbons (Fsp3) is 0.0769. The van der Waals surface area contributed by atoms with Crippen LogP contribution in [-0.4, -0.2) is 18.0 Å². The van der Waals surface area contributed by atoms with Gasteiger partial charge in [0.2, 0.25) is 0 Å². The number of pyridine rings is 1. The Kier molecular flexibility index (Phi) is 3.94. The molecule has 1 aromatic carbocycles. The Labute approximate surface area is 113 Å². The van der Waals surface area contributed by atoms with E-state index < -0.39 is 0 Å². The Balaban J connectivity index is 2.21. The fourth-order valence-corrected chi connectivity index (χ4v) is 1.85. The highest BCUT2D eigenvalue weighted by Crippen LogP contribution is 2.23. The number of carbonyl (C=O) groups excluding carboxylic acids is 1. The Bertz CT molecular complexity index is 572. The van der Waals surface area contributed by atoms with Crippen molar-refractivity contribution in [3.63, 3.8) is 0 Å². The van der Waals surface area contributed by atoms with Crippen molar-refractivity contribution in [2.24, 2.45) is 0 Å². The number of ether oxygens (including phenoxy) is 1. The van der Waals surface area contributed by atoms with Crippen molar-refractivity contribution in [3.05, 3.63) is 52.8 Å². The van der Waals surface area contributed by atoms with Crippen LogP contribution >= 0.6 is 15.9 Å². The number of nitrogens with zero attached hydrogens (tertiary/aromatic N) is 1. The molecule has 0 spiro atoms. The summed E-state index contributed by atoms with van der Waals surface area (Å²) in [5, 5.41) is 2.79. The van der Waals surface area contributed by atoms with Crippen LogP contribution in [0.5, 0.6) is 5.75 Å². The number of hydrogen-bond donors (Lipinski definition) is 1. The number of aromatic nitrogens is 1. The molecule has 0 aliphatic rings. The zero-order valence-corrected chi connectivity index (χ0v) is 11.3. The van der Waals surface area contributed by atoms with Gasteiger partial charge in [-0.1, -0.05) is 12.1 Å². The molecule has 0 fully saturated rings. The van der Waals surface area contributed by atoms with Crippen LogP contribution in [0.4, 0.5) is 5.69 Å². The highest BCUT2D eigenvalue weighted by atomic mass is 79.9. The number of halogens is 1. The first-order chi connectivity index (χ1) is 8.70. The lowest BCUT2D eigenvalue weighted by molar-refractivity contribution is 0.102. The second-order valence-electron chi connectivity index (χ2n) is 3.52. The standard InChI is InChI=1S/C13H11BrN2O2/c1-18-11-5-3-2-4-10(11)16-13(17)9-6-7-15-12(14)8-9/h2-8H,1H3,(H,16,17). The molecule has 0 aliphatic heterocycles. The summed E-state index contributed by atoms with van der Waals surface area (Å²) in [4.78, 5) is 16.0. The predicted octanol–water partition coefficient (Wildman–Crippen LogP) is 3.11. The molecule has 92 valence electrons. The quantitative estimate of drug-likeness (QED) is 0.887. The van der Waals surface area contributed by atoms with Gasteiger partial charge in [0.05, 0.1) is 12.8 Å². The van der Waals surface area contributed by atoms with Crippen LogP contribution in [0.15, 0.2) is 47.2 Å². The Morgan fingerprint density at radius 2 is 2.11 bits per heavy atom. The molecule has 0 saturated carbocycles. The number of nitrogens with one attached hydrogen (secondary N) is 1. The predicted molar refractivity (Wildman–Crippen MR) is 72.9 cm³/mol. The number of carbonyl (C=O) groups is 1. The van der Waals surface area contributed by atoms with Gasteiger partial charge in [0.1, 0.15) is 10.4 Å². The third-order valence-corrected chi connectivity index (χ3v) is 2.78. The second kappa shape index (κ2) is 5.64. The maximum atomic E-state index is 12.0. The van der Waals surface area contributed by atoms with E-state index in [1.54, 1.807) is 37.6 Å². The van der Waals surface area contributed by atoms with E-state index in [9.17, 15) is 4.79 Å². The lowest BCUT2D eigenvalue weighted by Crippen LogP contribution is -2.12. The molecule has 1 heterocycles. The van der Waals surface area contributed by atoms with Gasteiger partial charge in [0.25, 0.3) is 5.91 Å². The molecule has 0 unspecified atom stereocenters. The van der Waals surface area contributed by atoms with E-state index in [1.807, 2.05) is 12.1 Å². The number of para-hydroxylation sites is 2. The summed E-state index contributed by atoms with van der Waals surface area (Å²) in [6, 6.07) is 10.6. The van der Waals surface area contributed by atoms with E-state index in [2.05, 4.69) is 26.2 Å². The molecular formula is C13H11BrN2O2. The Hall–Kier alpha value is -1.88. The monoisotopic (exact) mass is 306 g/mol. The number of benzene rings is 1. The minimum absolute atomic E-state index is 0.206. The van der Waals surface area contributed by atoms with Gasteiger partial charge in [-0.15, -0.1) is 0 Å². The van der Waals surface area contributed by atoms with E-state index >= 15 is 0 Å². The number of hydrogen-bond acceptors (Lipinski definition) is 3. The van der Waals surface area contributed by atoms with Gasteiger partial charge < -0.3 is 10.1 Å². The molecule has 4 nitrogen and oxygen atoms in total. The molecule has 0 radical (unpaired) electrons. The molecule has 2 aromatic rings.